The van der Waals surface area contributed by atoms with Crippen LogP contribution in [-0.2, 0) is 0 Å². The fraction of sp³-hybridized carbons (Fsp3) is 1.00. The maximum atomic E-state index is 5.51. The molecule has 0 aromatic carbocycles. The minimum atomic E-state index is 0.464. The van der Waals surface area contributed by atoms with Gasteiger partial charge in [0.25, 0.3) is 0 Å². The summed E-state index contributed by atoms with van der Waals surface area (Å²) in [5.74, 6) is 0. The van der Waals surface area contributed by atoms with Crippen LogP contribution in [0.1, 0.15) is 13.3 Å². The molecule has 0 aliphatic carbocycles. The topological polar surface area (TPSA) is 41.3 Å². The van der Waals surface area contributed by atoms with Crippen molar-refractivity contribution in [1.29, 1.82) is 0 Å². The van der Waals surface area contributed by atoms with Crippen molar-refractivity contribution in [2.24, 2.45) is 5.73 Å². The number of nitrogens with zero attached hydrogens (tertiary/aromatic N) is 1. The first-order valence-electron chi connectivity index (χ1n) is 4.37. The Balaban J connectivity index is 2.17. The molecule has 3 heteroatoms. The van der Waals surface area contributed by atoms with Crippen LogP contribution in [0, 0.1) is 0 Å². The predicted octanol–water partition coefficient (Wildman–Crippen LogP) is -0.373. The Morgan fingerprint density at radius 3 is 2.91 bits per heavy atom. The Morgan fingerprint density at radius 1 is 1.73 bits per heavy atom. The van der Waals surface area contributed by atoms with Crippen molar-refractivity contribution in [3.05, 3.63) is 0 Å². The maximum absolute atomic E-state index is 5.51. The largest absolute Gasteiger partial charge is 0.329 e. The highest BCUT2D eigenvalue weighted by atomic mass is 15.2. The third-order valence-electron chi connectivity index (χ3n) is 2.27. The van der Waals surface area contributed by atoms with E-state index in [2.05, 4.69) is 24.2 Å². The first kappa shape index (κ1) is 8.97. The Morgan fingerprint density at radius 2 is 2.45 bits per heavy atom. The highest BCUT2D eigenvalue weighted by molar-refractivity contribution is 4.81. The van der Waals surface area contributed by atoms with Crippen molar-refractivity contribution in [2.45, 2.75) is 25.4 Å². The van der Waals surface area contributed by atoms with E-state index in [0.717, 1.165) is 6.54 Å². The number of hydrogen-bond acceptors (Lipinski definition) is 3. The molecule has 0 radical (unpaired) electrons. The van der Waals surface area contributed by atoms with Gasteiger partial charge in [-0.1, -0.05) is 0 Å². The van der Waals surface area contributed by atoms with Crippen molar-refractivity contribution in [3.63, 3.8) is 0 Å². The van der Waals surface area contributed by atoms with Crippen molar-refractivity contribution in [1.82, 2.24) is 10.2 Å². The van der Waals surface area contributed by atoms with E-state index in [1.807, 2.05) is 0 Å². The molecule has 0 bridgehead atoms. The number of nitrogens with two attached hydrogens (primary N) is 1. The van der Waals surface area contributed by atoms with Gasteiger partial charge >= 0.3 is 0 Å². The lowest BCUT2D eigenvalue weighted by Crippen LogP contribution is -2.41. The van der Waals surface area contributed by atoms with Gasteiger partial charge in [0.05, 0.1) is 0 Å². The summed E-state index contributed by atoms with van der Waals surface area (Å²) in [4.78, 5) is 2.35. The van der Waals surface area contributed by atoms with Crippen molar-refractivity contribution >= 4 is 0 Å². The number of likely N-dealkylation sites (N-methyl/N-ethyl adjacent to an activating group) is 1. The standard InChI is InChI=1S/C8H19N3/c1-7(5-9)10-8-3-4-11(2)6-8/h7-8,10H,3-6,9H2,1-2H3. The maximum Gasteiger partial charge on any atom is 0.0210 e. The van der Waals surface area contributed by atoms with Crippen molar-refractivity contribution in [3.8, 4) is 0 Å². The molecule has 0 aromatic heterocycles. The van der Waals surface area contributed by atoms with Gasteiger partial charge in [-0.15, -0.1) is 0 Å². The number of hydrogen-bond donors (Lipinski definition) is 2. The molecule has 2 atom stereocenters. The second-order valence-corrected chi connectivity index (χ2v) is 3.55. The average molecular weight is 157 g/mol. The Kier molecular flexibility index (Phi) is 3.30. The molecule has 66 valence electrons. The zero-order chi connectivity index (χ0) is 8.27. The fourth-order valence-electron chi connectivity index (χ4n) is 1.54. The lowest BCUT2D eigenvalue weighted by molar-refractivity contribution is 0.386. The highest BCUT2D eigenvalue weighted by Crippen LogP contribution is 2.06. The van der Waals surface area contributed by atoms with Crippen LogP contribution in [0.4, 0.5) is 0 Å². The summed E-state index contributed by atoms with van der Waals surface area (Å²) in [5.41, 5.74) is 5.51. The molecule has 1 saturated heterocycles. The molecule has 3 N–H and O–H groups in total. The van der Waals surface area contributed by atoms with E-state index in [9.17, 15) is 0 Å². The zero-order valence-electron chi connectivity index (χ0n) is 7.51. The third-order valence-corrected chi connectivity index (χ3v) is 2.27. The minimum Gasteiger partial charge on any atom is -0.329 e. The lowest BCUT2D eigenvalue weighted by atomic mass is 10.2. The predicted molar refractivity (Wildman–Crippen MR) is 47.6 cm³/mol. The van der Waals surface area contributed by atoms with Crippen LogP contribution in [0.25, 0.3) is 0 Å². The van der Waals surface area contributed by atoms with Crippen molar-refractivity contribution < 1.29 is 0 Å². The molecule has 0 aromatic rings. The number of likely N-dealkylation sites (tertiary alicyclic amines) is 1. The van der Waals surface area contributed by atoms with Crippen LogP contribution in [0.2, 0.25) is 0 Å². The van der Waals surface area contributed by atoms with E-state index in [1.54, 1.807) is 0 Å². The Labute approximate surface area is 68.9 Å². The summed E-state index contributed by atoms with van der Waals surface area (Å²) in [6.45, 7) is 5.26. The molecule has 3 nitrogen and oxygen atoms in total. The molecule has 1 rings (SSSR count). The van der Waals surface area contributed by atoms with Gasteiger partial charge in [-0.2, -0.15) is 0 Å². The second kappa shape index (κ2) is 4.04. The number of rotatable bonds is 3. The summed E-state index contributed by atoms with van der Waals surface area (Å²) < 4.78 is 0. The molecule has 1 aliphatic rings. The van der Waals surface area contributed by atoms with Gasteiger partial charge in [-0.25, -0.2) is 0 Å². The van der Waals surface area contributed by atoms with Crippen LogP contribution >= 0.6 is 0 Å². The first-order valence-corrected chi connectivity index (χ1v) is 4.37. The van der Waals surface area contributed by atoms with E-state index in [-0.39, 0.29) is 0 Å². The Bertz CT molecular complexity index is 116. The Hall–Kier alpha value is -0.120. The van der Waals surface area contributed by atoms with Gasteiger partial charge in [0, 0.05) is 25.2 Å². The van der Waals surface area contributed by atoms with Gasteiger partial charge in [0.15, 0.2) is 0 Å². The minimum absolute atomic E-state index is 0.464. The van der Waals surface area contributed by atoms with E-state index < -0.39 is 0 Å². The zero-order valence-corrected chi connectivity index (χ0v) is 7.51. The van der Waals surface area contributed by atoms with Crippen LogP contribution in [0.3, 0.4) is 0 Å². The molecular formula is C8H19N3. The molecule has 1 heterocycles. The van der Waals surface area contributed by atoms with E-state index in [1.165, 1.54) is 19.5 Å². The summed E-state index contributed by atoms with van der Waals surface area (Å²) in [6, 6.07) is 1.13. The summed E-state index contributed by atoms with van der Waals surface area (Å²) in [6.07, 6.45) is 1.26. The van der Waals surface area contributed by atoms with Crippen LogP contribution in [0.5, 0.6) is 0 Å². The molecule has 0 amide bonds. The molecule has 2 unspecified atom stereocenters. The van der Waals surface area contributed by atoms with Crippen LogP contribution in [-0.4, -0.2) is 43.7 Å². The summed E-state index contributed by atoms with van der Waals surface area (Å²) in [7, 11) is 2.16. The van der Waals surface area contributed by atoms with E-state index in [4.69, 9.17) is 5.73 Å². The number of nitrogens with one attached hydrogen (secondary N) is 1. The SMILES string of the molecule is CC(CN)NC1CCN(C)C1. The van der Waals surface area contributed by atoms with Crippen LogP contribution in [0.15, 0.2) is 0 Å². The molecule has 1 aliphatic heterocycles. The van der Waals surface area contributed by atoms with Gasteiger partial charge in [-0.05, 0) is 26.9 Å². The quantitative estimate of drug-likeness (QED) is 0.587. The van der Waals surface area contributed by atoms with Gasteiger partial charge < -0.3 is 16.0 Å². The van der Waals surface area contributed by atoms with E-state index >= 15 is 0 Å². The summed E-state index contributed by atoms with van der Waals surface area (Å²) >= 11 is 0. The van der Waals surface area contributed by atoms with Crippen LogP contribution < -0.4 is 11.1 Å². The smallest absolute Gasteiger partial charge is 0.0210 e. The molecule has 0 saturated carbocycles. The van der Waals surface area contributed by atoms with Gasteiger partial charge in [0.1, 0.15) is 0 Å². The molecule has 0 spiro atoms. The monoisotopic (exact) mass is 157 g/mol. The average Bonchev–Trinajstić information content (AvgIpc) is 2.35. The summed E-state index contributed by atoms with van der Waals surface area (Å²) in [5, 5.41) is 3.49. The highest BCUT2D eigenvalue weighted by Gasteiger charge is 2.19. The molecular weight excluding hydrogens is 138 g/mol. The normalized spacial score (nSPS) is 29.2. The first-order chi connectivity index (χ1) is 5.22. The van der Waals surface area contributed by atoms with Crippen molar-refractivity contribution in [2.75, 3.05) is 26.7 Å². The van der Waals surface area contributed by atoms with Gasteiger partial charge in [-0.3, -0.25) is 0 Å². The molecule has 1 fully saturated rings. The second-order valence-electron chi connectivity index (χ2n) is 3.55. The van der Waals surface area contributed by atoms with E-state index in [0.29, 0.717) is 12.1 Å². The lowest BCUT2D eigenvalue weighted by Gasteiger charge is -2.17. The van der Waals surface area contributed by atoms with Gasteiger partial charge in [0.2, 0.25) is 0 Å². The fourth-order valence-corrected chi connectivity index (χ4v) is 1.54. The molecule has 11 heavy (non-hydrogen) atoms. The third kappa shape index (κ3) is 2.77.